The van der Waals surface area contributed by atoms with E-state index in [9.17, 15) is 0 Å². The van der Waals surface area contributed by atoms with Crippen molar-refractivity contribution < 1.29 is 4.74 Å². The van der Waals surface area contributed by atoms with Gasteiger partial charge in [-0.3, -0.25) is 0 Å². The number of hydrogen-bond donors (Lipinski definition) is 0. The summed E-state index contributed by atoms with van der Waals surface area (Å²) in [6.07, 6.45) is 0. The lowest BCUT2D eigenvalue weighted by Crippen LogP contribution is -1.96. The monoisotopic (exact) mass is 460 g/mol. The van der Waals surface area contributed by atoms with Crippen LogP contribution in [0.1, 0.15) is 30.9 Å². The first-order chi connectivity index (χ1) is 9.51. The fourth-order valence-corrected chi connectivity index (χ4v) is 3.10. The summed E-state index contributed by atoms with van der Waals surface area (Å²) in [4.78, 5) is 0. The Morgan fingerprint density at radius 3 is 2.25 bits per heavy atom. The number of halogens is 3. The number of benzene rings is 2. The highest BCUT2D eigenvalue weighted by molar-refractivity contribution is 9.10. The van der Waals surface area contributed by atoms with Gasteiger partial charge in [0.2, 0.25) is 0 Å². The summed E-state index contributed by atoms with van der Waals surface area (Å²) in [7, 11) is 0. The van der Waals surface area contributed by atoms with E-state index in [1.54, 1.807) is 0 Å². The maximum absolute atomic E-state index is 6.15. The van der Waals surface area contributed by atoms with E-state index in [-0.39, 0.29) is 0 Å². The molecule has 0 fully saturated rings. The molecule has 4 heteroatoms. The van der Waals surface area contributed by atoms with Gasteiger partial charge in [-0.15, -0.1) is 0 Å². The van der Waals surface area contributed by atoms with Crippen LogP contribution >= 0.6 is 47.8 Å². The molecule has 20 heavy (non-hydrogen) atoms. The molecule has 106 valence electrons. The van der Waals surface area contributed by atoms with E-state index in [1.165, 1.54) is 5.56 Å². The fraction of sp³-hybridized carbons (Fsp3) is 0.250. The minimum absolute atomic E-state index is 0.405. The summed E-state index contributed by atoms with van der Waals surface area (Å²) >= 11 is 10.5. The average molecular weight is 463 g/mol. The third-order valence-corrected chi connectivity index (χ3v) is 4.58. The first-order valence-corrected chi connectivity index (χ1v) is 9.03. The molecule has 0 bridgehead atoms. The van der Waals surface area contributed by atoms with Crippen molar-refractivity contribution in [1.82, 2.24) is 0 Å². The van der Waals surface area contributed by atoms with Crippen LogP contribution in [0.4, 0.5) is 0 Å². The van der Waals surface area contributed by atoms with Crippen molar-refractivity contribution in [3.8, 4) is 11.5 Å². The van der Waals surface area contributed by atoms with Gasteiger partial charge in [0.05, 0.1) is 0 Å². The van der Waals surface area contributed by atoms with Crippen molar-refractivity contribution >= 4 is 47.8 Å². The van der Waals surface area contributed by atoms with Crippen molar-refractivity contribution in [3.05, 3.63) is 56.5 Å². The molecule has 0 N–H and O–H groups in total. The predicted octanol–water partition coefficient (Wildman–Crippen LogP) is 7.02. The van der Waals surface area contributed by atoms with Crippen LogP contribution in [0.15, 0.2) is 45.3 Å². The molecule has 0 aromatic heterocycles. The number of alkyl halides is 1. The molecule has 0 spiro atoms. The van der Waals surface area contributed by atoms with Crippen LogP contribution < -0.4 is 4.74 Å². The largest absolute Gasteiger partial charge is 0.457 e. The van der Waals surface area contributed by atoms with Crippen molar-refractivity contribution in [1.29, 1.82) is 0 Å². The van der Waals surface area contributed by atoms with E-state index in [1.807, 2.05) is 24.3 Å². The van der Waals surface area contributed by atoms with Crippen LogP contribution in [-0.2, 0) is 5.33 Å². The molecule has 0 aliphatic rings. The van der Waals surface area contributed by atoms with Gasteiger partial charge in [-0.2, -0.15) is 0 Å². The zero-order valence-electron chi connectivity index (χ0n) is 11.3. The van der Waals surface area contributed by atoms with Gasteiger partial charge in [0.25, 0.3) is 0 Å². The second kappa shape index (κ2) is 7.10. The summed E-state index contributed by atoms with van der Waals surface area (Å²) in [6.45, 7) is 4.34. The highest BCUT2D eigenvalue weighted by Gasteiger charge is 2.12. The Balaban J connectivity index is 2.42. The first-order valence-electron chi connectivity index (χ1n) is 6.33. The van der Waals surface area contributed by atoms with E-state index in [0.717, 1.165) is 31.3 Å². The Morgan fingerprint density at radius 1 is 0.950 bits per heavy atom. The Morgan fingerprint density at radius 2 is 1.60 bits per heavy atom. The lowest BCUT2D eigenvalue weighted by molar-refractivity contribution is 0.469. The smallest absolute Gasteiger partial charge is 0.132 e. The first kappa shape index (κ1) is 16.1. The quantitative estimate of drug-likeness (QED) is 0.443. The minimum atomic E-state index is 0.405. The molecular weight excluding hydrogens is 448 g/mol. The molecule has 2 aromatic carbocycles. The number of hydrogen-bond acceptors (Lipinski definition) is 1. The SMILES string of the molecule is CC(C)c1cc(Br)ccc1Oc1cc(Br)ccc1CBr. The molecular formula is C16H15Br3O. The van der Waals surface area contributed by atoms with Gasteiger partial charge in [0, 0.05) is 19.8 Å². The minimum Gasteiger partial charge on any atom is -0.457 e. The maximum Gasteiger partial charge on any atom is 0.132 e. The summed E-state index contributed by atoms with van der Waals surface area (Å²) in [5, 5.41) is 0.767. The zero-order chi connectivity index (χ0) is 14.7. The Kier molecular flexibility index (Phi) is 5.70. The van der Waals surface area contributed by atoms with Gasteiger partial charge >= 0.3 is 0 Å². The van der Waals surface area contributed by atoms with Gasteiger partial charge in [-0.1, -0.05) is 67.7 Å². The Hall–Kier alpha value is -0.320. The van der Waals surface area contributed by atoms with E-state index >= 15 is 0 Å². The molecule has 0 aliphatic carbocycles. The topological polar surface area (TPSA) is 9.23 Å². The van der Waals surface area contributed by atoms with E-state index in [2.05, 4.69) is 73.8 Å². The lowest BCUT2D eigenvalue weighted by Gasteiger charge is -2.16. The molecule has 1 nitrogen and oxygen atoms in total. The third-order valence-electron chi connectivity index (χ3n) is 2.99. The van der Waals surface area contributed by atoms with Crippen molar-refractivity contribution in [2.24, 2.45) is 0 Å². The van der Waals surface area contributed by atoms with E-state index in [4.69, 9.17) is 4.74 Å². The number of ether oxygens (including phenoxy) is 1. The molecule has 0 radical (unpaired) electrons. The van der Waals surface area contributed by atoms with Gasteiger partial charge in [0.15, 0.2) is 0 Å². The second-order valence-corrected chi connectivity index (χ2v) is 7.22. The highest BCUT2D eigenvalue weighted by atomic mass is 79.9. The molecule has 2 aromatic rings. The van der Waals surface area contributed by atoms with E-state index in [0.29, 0.717) is 5.92 Å². The lowest BCUT2D eigenvalue weighted by atomic mass is 10.0. The molecule has 0 unspecified atom stereocenters. The predicted molar refractivity (Wildman–Crippen MR) is 95.1 cm³/mol. The van der Waals surface area contributed by atoms with Crippen molar-refractivity contribution in [2.75, 3.05) is 0 Å². The standard InChI is InChI=1S/C16H15Br3O/c1-10(2)14-7-12(18)5-6-15(14)20-16-8-13(19)4-3-11(16)9-17/h3-8,10H,9H2,1-2H3. The fourth-order valence-electron chi connectivity index (χ4n) is 1.92. The summed E-state index contributed by atoms with van der Waals surface area (Å²) in [5.41, 5.74) is 2.32. The van der Waals surface area contributed by atoms with Crippen LogP contribution in [-0.4, -0.2) is 0 Å². The van der Waals surface area contributed by atoms with Crippen LogP contribution in [0.2, 0.25) is 0 Å². The van der Waals surface area contributed by atoms with Gasteiger partial charge in [-0.25, -0.2) is 0 Å². The van der Waals surface area contributed by atoms with Gasteiger partial charge in [0.1, 0.15) is 11.5 Å². The normalized spacial score (nSPS) is 10.9. The summed E-state index contributed by atoms with van der Waals surface area (Å²) in [6, 6.07) is 12.2. The van der Waals surface area contributed by atoms with Crippen LogP contribution in [0.3, 0.4) is 0 Å². The summed E-state index contributed by atoms with van der Waals surface area (Å²) in [5.74, 6) is 2.19. The zero-order valence-corrected chi connectivity index (χ0v) is 16.0. The average Bonchev–Trinajstić information content (AvgIpc) is 2.41. The molecule has 2 rings (SSSR count). The third kappa shape index (κ3) is 3.86. The van der Waals surface area contributed by atoms with Crippen molar-refractivity contribution in [2.45, 2.75) is 25.1 Å². The summed E-state index contributed by atoms with van der Waals surface area (Å²) < 4.78 is 8.23. The molecule has 0 atom stereocenters. The number of rotatable bonds is 4. The second-order valence-electron chi connectivity index (χ2n) is 4.82. The Bertz CT molecular complexity index is 609. The molecule has 0 saturated carbocycles. The van der Waals surface area contributed by atoms with E-state index < -0.39 is 0 Å². The molecule has 0 aliphatic heterocycles. The van der Waals surface area contributed by atoms with Gasteiger partial charge in [-0.05, 0) is 41.8 Å². The Labute approximate surface area is 145 Å². The molecule has 0 saturated heterocycles. The molecule has 0 amide bonds. The van der Waals surface area contributed by atoms with Gasteiger partial charge < -0.3 is 4.74 Å². The maximum atomic E-state index is 6.15. The highest BCUT2D eigenvalue weighted by Crippen LogP contribution is 2.35. The van der Waals surface area contributed by atoms with Crippen molar-refractivity contribution in [3.63, 3.8) is 0 Å². The van der Waals surface area contributed by atoms with Crippen LogP contribution in [0, 0.1) is 0 Å². The van der Waals surface area contributed by atoms with Crippen LogP contribution in [0.5, 0.6) is 11.5 Å². The van der Waals surface area contributed by atoms with Crippen LogP contribution in [0.25, 0.3) is 0 Å². The molecule has 0 heterocycles.